The number of nitrogens with zero attached hydrogens (tertiary/aromatic N) is 1. The second kappa shape index (κ2) is 4.50. The molecule has 0 aromatic heterocycles. The molecule has 0 saturated carbocycles. The van der Waals surface area contributed by atoms with Gasteiger partial charge in [0, 0.05) is 5.56 Å². The van der Waals surface area contributed by atoms with Gasteiger partial charge in [0.1, 0.15) is 5.82 Å². The molecular formula is C9H8FNO4. The molecule has 15 heavy (non-hydrogen) atoms. The third-order valence-corrected chi connectivity index (χ3v) is 1.76. The second-order valence-electron chi connectivity index (χ2n) is 2.80. The molecule has 1 rings (SSSR count). The quantitative estimate of drug-likeness (QED) is 0.566. The molecule has 0 amide bonds. The molecule has 0 spiro atoms. The SMILES string of the molecule is CCc1cc(F)cc(C(=O)O[N+](=O)[O-])c1. The maximum atomic E-state index is 12.9. The highest BCUT2D eigenvalue weighted by atomic mass is 19.1. The summed E-state index contributed by atoms with van der Waals surface area (Å²) in [6, 6.07) is 3.50. The standard InChI is InChI=1S/C9H8FNO4/c1-2-6-3-7(5-8(10)4-6)9(12)15-11(13)14/h3-5H,2H2,1H3. The summed E-state index contributed by atoms with van der Waals surface area (Å²) in [7, 11) is 0. The molecule has 0 N–H and O–H groups in total. The minimum Gasteiger partial charge on any atom is -0.263 e. The van der Waals surface area contributed by atoms with Gasteiger partial charge in [0.05, 0.1) is 0 Å². The number of benzene rings is 1. The Balaban J connectivity index is 2.98. The monoisotopic (exact) mass is 213 g/mol. The lowest BCUT2D eigenvalue weighted by Gasteiger charge is -2.01. The van der Waals surface area contributed by atoms with Crippen LogP contribution >= 0.6 is 0 Å². The van der Waals surface area contributed by atoms with Crippen LogP contribution in [-0.4, -0.2) is 11.1 Å². The van der Waals surface area contributed by atoms with Crippen LogP contribution < -0.4 is 0 Å². The first kappa shape index (κ1) is 11.1. The van der Waals surface area contributed by atoms with Crippen molar-refractivity contribution in [3.8, 4) is 0 Å². The van der Waals surface area contributed by atoms with Gasteiger partial charge in [-0.15, -0.1) is 10.1 Å². The Kier molecular flexibility index (Phi) is 3.33. The third kappa shape index (κ3) is 3.01. The van der Waals surface area contributed by atoms with E-state index in [1.54, 1.807) is 6.92 Å². The molecule has 1 aromatic rings. The molecule has 0 aliphatic carbocycles. The molecule has 0 unspecified atom stereocenters. The Bertz CT molecular complexity index is 405. The molecule has 1 aromatic carbocycles. The summed E-state index contributed by atoms with van der Waals surface area (Å²) in [5.74, 6) is -1.79. The number of carbonyl (C=O) groups is 1. The summed E-state index contributed by atoms with van der Waals surface area (Å²) < 4.78 is 12.9. The van der Waals surface area contributed by atoms with Crippen molar-refractivity contribution in [3.05, 3.63) is 45.3 Å². The Morgan fingerprint density at radius 3 is 2.73 bits per heavy atom. The lowest BCUT2D eigenvalue weighted by Crippen LogP contribution is -2.11. The Morgan fingerprint density at radius 2 is 2.20 bits per heavy atom. The molecule has 0 aliphatic rings. The lowest BCUT2D eigenvalue weighted by atomic mass is 10.1. The van der Waals surface area contributed by atoms with E-state index >= 15 is 0 Å². The van der Waals surface area contributed by atoms with E-state index in [2.05, 4.69) is 4.84 Å². The van der Waals surface area contributed by atoms with E-state index < -0.39 is 16.9 Å². The van der Waals surface area contributed by atoms with Crippen molar-refractivity contribution in [3.63, 3.8) is 0 Å². The van der Waals surface area contributed by atoms with Crippen LogP contribution in [0.25, 0.3) is 0 Å². The first-order valence-corrected chi connectivity index (χ1v) is 4.19. The Morgan fingerprint density at radius 1 is 1.53 bits per heavy atom. The van der Waals surface area contributed by atoms with Crippen LogP contribution in [0.2, 0.25) is 0 Å². The highest BCUT2D eigenvalue weighted by Gasteiger charge is 2.12. The van der Waals surface area contributed by atoms with Crippen molar-refractivity contribution in [2.75, 3.05) is 0 Å². The van der Waals surface area contributed by atoms with E-state index in [1.165, 1.54) is 12.1 Å². The number of aryl methyl sites for hydroxylation is 1. The molecule has 80 valence electrons. The molecule has 0 fully saturated rings. The predicted octanol–water partition coefficient (Wildman–Crippen LogP) is 1.74. The summed E-state index contributed by atoms with van der Waals surface area (Å²) in [6.45, 7) is 1.78. The summed E-state index contributed by atoms with van der Waals surface area (Å²) in [5, 5.41) is 8.67. The molecular weight excluding hydrogens is 205 g/mol. The van der Waals surface area contributed by atoms with Gasteiger partial charge in [-0.2, -0.15) is 0 Å². The summed E-state index contributed by atoms with van der Waals surface area (Å²) >= 11 is 0. The van der Waals surface area contributed by atoms with E-state index in [0.717, 1.165) is 6.07 Å². The number of hydrogen-bond acceptors (Lipinski definition) is 4. The molecule has 0 atom stereocenters. The Hall–Kier alpha value is -1.98. The number of carbonyl (C=O) groups excluding carboxylic acids is 1. The second-order valence-corrected chi connectivity index (χ2v) is 2.80. The zero-order valence-corrected chi connectivity index (χ0v) is 7.90. The minimum atomic E-state index is -1.22. The Labute approximate surface area is 84.6 Å². The van der Waals surface area contributed by atoms with Gasteiger partial charge in [-0.1, -0.05) is 6.92 Å². The molecule has 6 heteroatoms. The summed E-state index contributed by atoms with van der Waals surface area (Å²) in [4.78, 5) is 24.6. The van der Waals surface area contributed by atoms with Gasteiger partial charge in [0.2, 0.25) is 0 Å². The zero-order valence-electron chi connectivity index (χ0n) is 7.90. The average Bonchev–Trinajstić information content (AvgIpc) is 2.15. The maximum absolute atomic E-state index is 12.9. The van der Waals surface area contributed by atoms with Crippen LogP contribution in [0.5, 0.6) is 0 Å². The average molecular weight is 213 g/mol. The normalized spacial score (nSPS) is 9.73. The third-order valence-electron chi connectivity index (χ3n) is 1.76. The minimum absolute atomic E-state index is 0.163. The maximum Gasteiger partial charge on any atom is 0.334 e. The smallest absolute Gasteiger partial charge is 0.263 e. The van der Waals surface area contributed by atoms with Crippen LogP contribution in [0.1, 0.15) is 22.8 Å². The van der Waals surface area contributed by atoms with Crippen LogP contribution in [0.3, 0.4) is 0 Å². The lowest BCUT2D eigenvalue weighted by molar-refractivity contribution is -0.727. The van der Waals surface area contributed by atoms with Crippen molar-refractivity contribution < 1.29 is 19.1 Å². The number of rotatable bonds is 3. The first-order chi connectivity index (χ1) is 7.02. The van der Waals surface area contributed by atoms with Crippen LogP contribution in [0, 0.1) is 15.9 Å². The van der Waals surface area contributed by atoms with Crippen molar-refractivity contribution in [1.29, 1.82) is 0 Å². The fourth-order valence-electron chi connectivity index (χ4n) is 1.09. The van der Waals surface area contributed by atoms with Crippen LogP contribution in [0.4, 0.5) is 4.39 Å². The van der Waals surface area contributed by atoms with Crippen molar-refractivity contribution in [1.82, 2.24) is 0 Å². The van der Waals surface area contributed by atoms with E-state index in [1.807, 2.05) is 0 Å². The van der Waals surface area contributed by atoms with E-state index in [4.69, 9.17) is 0 Å². The fourth-order valence-corrected chi connectivity index (χ4v) is 1.09. The number of halogens is 1. The molecule has 0 aliphatic heterocycles. The molecule has 5 nitrogen and oxygen atoms in total. The largest absolute Gasteiger partial charge is 0.334 e. The van der Waals surface area contributed by atoms with E-state index in [-0.39, 0.29) is 5.56 Å². The zero-order chi connectivity index (χ0) is 11.4. The van der Waals surface area contributed by atoms with Gasteiger partial charge < -0.3 is 0 Å². The highest BCUT2D eigenvalue weighted by Crippen LogP contribution is 2.11. The summed E-state index contributed by atoms with van der Waals surface area (Å²) in [6.07, 6.45) is 0.524. The predicted molar refractivity (Wildman–Crippen MR) is 48.2 cm³/mol. The van der Waals surface area contributed by atoms with E-state index in [0.29, 0.717) is 12.0 Å². The van der Waals surface area contributed by atoms with E-state index in [9.17, 15) is 19.3 Å². The van der Waals surface area contributed by atoms with Gasteiger partial charge in [0.25, 0.3) is 0 Å². The van der Waals surface area contributed by atoms with Crippen LogP contribution in [-0.2, 0) is 11.3 Å². The van der Waals surface area contributed by atoms with Gasteiger partial charge in [-0.05, 0) is 30.2 Å². The van der Waals surface area contributed by atoms with Gasteiger partial charge in [-0.25, -0.2) is 9.23 Å². The highest BCUT2D eigenvalue weighted by molar-refractivity contribution is 5.89. The van der Waals surface area contributed by atoms with Crippen LogP contribution in [0.15, 0.2) is 18.2 Å². The molecule has 0 heterocycles. The van der Waals surface area contributed by atoms with Crippen molar-refractivity contribution >= 4 is 5.97 Å². The first-order valence-electron chi connectivity index (χ1n) is 4.19. The van der Waals surface area contributed by atoms with Crippen molar-refractivity contribution in [2.24, 2.45) is 0 Å². The van der Waals surface area contributed by atoms with Gasteiger partial charge in [0.15, 0.2) is 0 Å². The fraction of sp³-hybridized carbons (Fsp3) is 0.222. The van der Waals surface area contributed by atoms with Gasteiger partial charge >= 0.3 is 11.1 Å². The topological polar surface area (TPSA) is 69.4 Å². The molecule has 0 radical (unpaired) electrons. The van der Waals surface area contributed by atoms with Crippen molar-refractivity contribution in [2.45, 2.75) is 13.3 Å². The number of hydrogen-bond donors (Lipinski definition) is 0. The molecule has 0 bridgehead atoms. The summed E-state index contributed by atoms with van der Waals surface area (Å²) in [5.41, 5.74) is 0.411. The molecule has 0 saturated heterocycles. The van der Waals surface area contributed by atoms with Gasteiger partial charge in [-0.3, -0.25) is 4.79 Å².